The van der Waals surface area contributed by atoms with Gasteiger partial charge in [-0.15, -0.1) is 0 Å². The number of carbonyl (C=O) groups excluding carboxylic acids is 1. The van der Waals surface area contributed by atoms with Gasteiger partial charge in [0.2, 0.25) is 0 Å². The molecule has 0 saturated carbocycles. The number of para-hydroxylation sites is 2. The molecule has 2 atom stereocenters. The summed E-state index contributed by atoms with van der Waals surface area (Å²) < 4.78 is 11.7. The average Bonchev–Trinajstić information content (AvgIpc) is 3.26. The maximum absolute atomic E-state index is 12.9. The van der Waals surface area contributed by atoms with Gasteiger partial charge in [-0.05, 0) is 63.0 Å². The van der Waals surface area contributed by atoms with Gasteiger partial charge in [0.05, 0.1) is 23.8 Å². The average molecular weight is 428 g/mol. The fraction of sp³-hybridized carbons (Fsp3) is 0.522. The van der Waals surface area contributed by atoms with Gasteiger partial charge in [0.15, 0.2) is 10.8 Å². The third-order valence-electron chi connectivity index (χ3n) is 6.71. The minimum absolute atomic E-state index is 0.0157. The van der Waals surface area contributed by atoms with E-state index in [1.807, 2.05) is 30.3 Å². The van der Waals surface area contributed by atoms with Crippen LogP contribution in [0.2, 0.25) is 0 Å². The highest BCUT2D eigenvalue weighted by Gasteiger charge is 2.40. The maximum atomic E-state index is 12.9. The molecule has 0 radical (unpaired) electrons. The van der Waals surface area contributed by atoms with E-state index in [2.05, 4.69) is 28.1 Å². The summed E-state index contributed by atoms with van der Waals surface area (Å²) in [6.07, 6.45) is 2.37. The largest absolute Gasteiger partial charge is 0.444 e. The van der Waals surface area contributed by atoms with Gasteiger partial charge < -0.3 is 19.7 Å². The van der Waals surface area contributed by atoms with Crippen LogP contribution in [0.25, 0.3) is 0 Å². The topological polar surface area (TPSA) is 54.0 Å². The quantitative estimate of drug-likeness (QED) is 0.790. The van der Waals surface area contributed by atoms with E-state index in [4.69, 9.17) is 9.47 Å². The zero-order valence-corrected chi connectivity index (χ0v) is 18.2. The van der Waals surface area contributed by atoms with Crippen molar-refractivity contribution in [3.8, 4) is 10.8 Å². The van der Waals surface area contributed by atoms with Gasteiger partial charge in [-0.2, -0.15) is 0 Å². The SMILES string of the molecule is C[C@@H]1[C@H](NC(=O)c2ccc(Oc3ccccc3N3CCOCC3)s2)C2CCN1CC2. The Morgan fingerprint density at radius 2 is 1.87 bits per heavy atom. The van der Waals surface area contributed by atoms with Crippen molar-refractivity contribution in [1.29, 1.82) is 0 Å². The Kier molecular flexibility index (Phi) is 5.67. The van der Waals surface area contributed by atoms with Crippen LogP contribution in [-0.2, 0) is 4.74 Å². The molecule has 7 heteroatoms. The summed E-state index contributed by atoms with van der Waals surface area (Å²) in [6, 6.07) is 12.5. The summed E-state index contributed by atoms with van der Waals surface area (Å²) >= 11 is 1.41. The zero-order valence-electron chi connectivity index (χ0n) is 17.4. The molecule has 6 rings (SSSR count). The highest BCUT2D eigenvalue weighted by molar-refractivity contribution is 7.15. The molecule has 6 nitrogen and oxygen atoms in total. The second kappa shape index (κ2) is 8.57. The lowest BCUT2D eigenvalue weighted by atomic mass is 9.79. The van der Waals surface area contributed by atoms with Crippen molar-refractivity contribution in [2.24, 2.45) is 5.92 Å². The summed E-state index contributed by atoms with van der Waals surface area (Å²) in [6.45, 7) is 7.75. The number of carbonyl (C=O) groups is 1. The van der Waals surface area contributed by atoms with Gasteiger partial charge in [0.1, 0.15) is 0 Å². The number of hydrogen-bond donors (Lipinski definition) is 1. The second-order valence-electron chi connectivity index (χ2n) is 8.40. The van der Waals surface area contributed by atoms with E-state index in [-0.39, 0.29) is 11.9 Å². The van der Waals surface area contributed by atoms with Crippen molar-refractivity contribution in [2.75, 3.05) is 44.3 Å². The zero-order chi connectivity index (χ0) is 20.5. The monoisotopic (exact) mass is 427 g/mol. The van der Waals surface area contributed by atoms with Crippen molar-refractivity contribution in [2.45, 2.75) is 31.8 Å². The van der Waals surface area contributed by atoms with Crippen LogP contribution in [0, 0.1) is 5.92 Å². The summed E-state index contributed by atoms with van der Waals surface area (Å²) in [5, 5.41) is 4.05. The van der Waals surface area contributed by atoms with Gasteiger partial charge in [-0.25, -0.2) is 0 Å². The summed E-state index contributed by atoms with van der Waals surface area (Å²) in [4.78, 5) is 18.4. The van der Waals surface area contributed by atoms with E-state index in [1.54, 1.807) is 0 Å². The number of amides is 1. The molecule has 0 spiro atoms. The van der Waals surface area contributed by atoms with Crippen molar-refractivity contribution in [3.05, 3.63) is 41.3 Å². The number of fused-ring (bicyclic) bond motifs is 3. The summed E-state index contributed by atoms with van der Waals surface area (Å²) in [5.74, 6) is 1.44. The predicted octanol–water partition coefficient (Wildman–Crippen LogP) is 3.59. The van der Waals surface area contributed by atoms with Crippen molar-refractivity contribution >= 4 is 22.9 Å². The molecule has 2 bridgehead atoms. The third-order valence-corrected chi connectivity index (χ3v) is 7.67. The molecule has 4 aliphatic heterocycles. The molecule has 1 amide bonds. The Hall–Kier alpha value is -2.09. The molecule has 1 aromatic heterocycles. The minimum atomic E-state index is 0.0157. The lowest BCUT2D eigenvalue weighted by molar-refractivity contribution is 0.0218. The molecule has 4 saturated heterocycles. The molecule has 1 aromatic carbocycles. The Labute approximate surface area is 181 Å². The highest BCUT2D eigenvalue weighted by atomic mass is 32.1. The number of rotatable bonds is 5. The van der Waals surface area contributed by atoms with E-state index in [0.29, 0.717) is 16.8 Å². The Bertz CT molecular complexity index is 885. The van der Waals surface area contributed by atoms with Crippen LogP contribution < -0.4 is 15.0 Å². The highest BCUT2D eigenvalue weighted by Crippen LogP contribution is 2.36. The molecule has 4 aliphatic rings. The van der Waals surface area contributed by atoms with Crippen LogP contribution in [0.1, 0.15) is 29.4 Å². The molecule has 5 heterocycles. The predicted molar refractivity (Wildman–Crippen MR) is 119 cm³/mol. The number of thiophene rings is 1. The number of piperidine rings is 3. The fourth-order valence-corrected chi connectivity index (χ4v) is 5.75. The maximum Gasteiger partial charge on any atom is 0.261 e. The lowest BCUT2D eigenvalue weighted by Crippen LogP contribution is -2.62. The van der Waals surface area contributed by atoms with Crippen LogP contribution in [0.4, 0.5) is 5.69 Å². The number of anilines is 1. The van der Waals surface area contributed by atoms with Crippen LogP contribution in [0.15, 0.2) is 36.4 Å². The Balaban J connectivity index is 1.27. The number of morpholine rings is 1. The number of hydrogen-bond acceptors (Lipinski definition) is 6. The molecule has 160 valence electrons. The number of benzene rings is 1. The fourth-order valence-electron chi connectivity index (χ4n) is 4.98. The van der Waals surface area contributed by atoms with E-state index in [0.717, 1.165) is 55.9 Å². The minimum Gasteiger partial charge on any atom is -0.444 e. The first-order valence-electron chi connectivity index (χ1n) is 10.9. The first kappa shape index (κ1) is 19.8. The summed E-state index contributed by atoms with van der Waals surface area (Å²) in [7, 11) is 0. The number of ether oxygens (including phenoxy) is 2. The van der Waals surface area contributed by atoms with Gasteiger partial charge in [0, 0.05) is 25.2 Å². The molecule has 0 unspecified atom stereocenters. The molecule has 4 fully saturated rings. The molecular weight excluding hydrogens is 398 g/mol. The van der Waals surface area contributed by atoms with Crippen molar-refractivity contribution < 1.29 is 14.3 Å². The van der Waals surface area contributed by atoms with Crippen LogP contribution in [-0.4, -0.2) is 62.3 Å². The van der Waals surface area contributed by atoms with E-state index >= 15 is 0 Å². The lowest BCUT2D eigenvalue weighted by Gasteiger charge is -2.49. The summed E-state index contributed by atoms with van der Waals surface area (Å²) in [5.41, 5.74) is 1.07. The van der Waals surface area contributed by atoms with Crippen LogP contribution in [0.3, 0.4) is 0 Å². The first-order chi connectivity index (χ1) is 14.7. The smallest absolute Gasteiger partial charge is 0.261 e. The van der Waals surface area contributed by atoms with Crippen LogP contribution in [0.5, 0.6) is 10.8 Å². The third kappa shape index (κ3) is 3.94. The normalized spacial score (nSPS) is 28.4. The standard InChI is InChI=1S/C23H29N3O3S/c1-16-22(17-8-10-25(16)11-9-17)24-23(27)20-6-7-21(30-20)29-19-5-3-2-4-18(19)26-12-14-28-15-13-26/h2-7,16-17,22H,8-15H2,1H3,(H,24,27)/t16-,22+/m1/s1. The second-order valence-corrected chi connectivity index (χ2v) is 9.45. The van der Waals surface area contributed by atoms with E-state index in [9.17, 15) is 4.79 Å². The molecule has 0 aliphatic carbocycles. The van der Waals surface area contributed by atoms with Gasteiger partial charge in [-0.3, -0.25) is 9.69 Å². The molecular formula is C23H29N3O3S. The first-order valence-corrected chi connectivity index (χ1v) is 11.7. The Morgan fingerprint density at radius 1 is 1.10 bits per heavy atom. The van der Waals surface area contributed by atoms with E-state index < -0.39 is 0 Å². The van der Waals surface area contributed by atoms with Crippen LogP contribution >= 0.6 is 11.3 Å². The molecule has 1 N–H and O–H groups in total. The van der Waals surface area contributed by atoms with E-state index in [1.165, 1.54) is 24.2 Å². The van der Waals surface area contributed by atoms with Crippen molar-refractivity contribution in [3.63, 3.8) is 0 Å². The van der Waals surface area contributed by atoms with Gasteiger partial charge in [0.25, 0.3) is 5.91 Å². The molecule has 30 heavy (non-hydrogen) atoms. The van der Waals surface area contributed by atoms with Gasteiger partial charge >= 0.3 is 0 Å². The van der Waals surface area contributed by atoms with Crippen molar-refractivity contribution in [1.82, 2.24) is 10.2 Å². The van der Waals surface area contributed by atoms with Gasteiger partial charge in [-0.1, -0.05) is 23.5 Å². The number of nitrogens with zero attached hydrogens (tertiary/aromatic N) is 2. The number of nitrogens with one attached hydrogen (secondary N) is 1. The molecule has 2 aromatic rings. The Morgan fingerprint density at radius 3 is 2.63 bits per heavy atom.